The fourth-order valence-electron chi connectivity index (χ4n) is 2.94. The van der Waals surface area contributed by atoms with Gasteiger partial charge in [0.2, 0.25) is 5.91 Å². The molecule has 21 heavy (non-hydrogen) atoms. The van der Waals surface area contributed by atoms with Gasteiger partial charge in [0.25, 0.3) is 0 Å². The molecule has 1 amide bonds. The van der Waals surface area contributed by atoms with Gasteiger partial charge in [-0.3, -0.25) is 4.79 Å². The molecule has 0 aromatic heterocycles. The fourth-order valence-corrected chi connectivity index (χ4v) is 2.94. The van der Waals surface area contributed by atoms with Crippen LogP contribution in [-0.4, -0.2) is 35.5 Å². The van der Waals surface area contributed by atoms with Crippen molar-refractivity contribution < 1.29 is 9.53 Å². The molecule has 1 aromatic rings. The van der Waals surface area contributed by atoms with Crippen molar-refractivity contribution in [1.29, 1.82) is 0 Å². The summed E-state index contributed by atoms with van der Waals surface area (Å²) < 4.78 is 6.25. The first kappa shape index (κ1) is 14.5. The van der Waals surface area contributed by atoms with Crippen LogP contribution in [0.3, 0.4) is 0 Å². The van der Waals surface area contributed by atoms with Gasteiger partial charge in [-0.25, -0.2) is 0 Å². The number of ether oxygens (including phenoxy) is 1. The summed E-state index contributed by atoms with van der Waals surface area (Å²) in [6.07, 6.45) is 2.52. The van der Waals surface area contributed by atoms with Gasteiger partial charge in [-0.15, -0.1) is 0 Å². The van der Waals surface area contributed by atoms with Crippen LogP contribution in [0.25, 0.3) is 0 Å². The van der Waals surface area contributed by atoms with Crippen molar-refractivity contribution in [2.45, 2.75) is 44.4 Å². The number of hydrogen-bond acceptors (Lipinski definition) is 3. The largest absolute Gasteiger partial charge is 0.366 e. The van der Waals surface area contributed by atoms with E-state index in [1.807, 2.05) is 23.1 Å². The maximum absolute atomic E-state index is 12.5. The van der Waals surface area contributed by atoms with E-state index in [4.69, 9.17) is 10.5 Å². The average molecular weight is 288 g/mol. The van der Waals surface area contributed by atoms with Gasteiger partial charge in [0.05, 0.1) is 18.2 Å². The molecule has 114 valence electrons. The lowest BCUT2D eigenvalue weighted by atomic mass is 10.0. The third kappa shape index (κ3) is 3.27. The number of carbonyl (C=O) groups excluding carboxylic acids is 1. The van der Waals surface area contributed by atoms with Gasteiger partial charge in [0.15, 0.2) is 0 Å². The molecule has 2 N–H and O–H groups in total. The summed E-state index contributed by atoms with van der Waals surface area (Å²) in [5.41, 5.74) is 6.31. The van der Waals surface area contributed by atoms with E-state index >= 15 is 0 Å². The van der Waals surface area contributed by atoms with E-state index < -0.39 is 5.54 Å². The Bertz CT molecular complexity index is 505. The molecule has 0 bridgehead atoms. The number of carbonyl (C=O) groups is 1. The van der Waals surface area contributed by atoms with Gasteiger partial charge in [0, 0.05) is 6.54 Å². The minimum absolute atomic E-state index is 0.0115. The first-order valence-corrected chi connectivity index (χ1v) is 7.74. The van der Waals surface area contributed by atoms with E-state index in [0.29, 0.717) is 19.0 Å². The van der Waals surface area contributed by atoms with Crippen molar-refractivity contribution in [2.24, 2.45) is 11.7 Å². The molecule has 4 heteroatoms. The van der Waals surface area contributed by atoms with Gasteiger partial charge in [-0.05, 0) is 38.2 Å². The molecule has 1 aliphatic carbocycles. The summed E-state index contributed by atoms with van der Waals surface area (Å²) in [7, 11) is 0. The van der Waals surface area contributed by atoms with Crippen molar-refractivity contribution in [3.63, 3.8) is 0 Å². The van der Waals surface area contributed by atoms with Crippen molar-refractivity contribution in [1.82, 2.24) is 4.90 Å². The van der Waals surface area contributed by atoms with Crippen LogP contribution in [0.15, 0.2) is 30.3 Å². The summed E-state index contributed by atoms with van der Waals surface area (Å²) in [5.74, 6) is 0.616. The van der Waals surface area contributed by atoms with Gasteiger partial charge in [0.1, 0.15) is 6.10 Å². The Balaban J connectivity index is 1.80. The summed E-state index contributed by atoms with van der Waals surface area (Å²) in [5, 5.41) is 0. The molecule has 1 aliphatic heterocycles. The molecule has 3 rings (SSSR count). The van der Waals surface area contributed by atoms with Gasteiger partial charge in [-0.2, -0.15) is 0 Å². The molecule has 2 fully saturated rings. The van der Waals surface area contributed by atoms with Crippen LogP contribution in [0.2, 0.25) is 0 Å². The average Bonchev–Trinajstić information content (AvgIpc) is 3.30. The summed E-state index contributed by atoms with van der Waals surface area (Å²) in [6, 6.07) is 10.2. The lowest BCUT2D eigenvalue weighted by Crippen LogP contribution is -2.56. The maximum Gasteiger partial charge on any atom is 0.242 e. The quantitative estimate of drug-likeness (QED) is 0.926. The molecule has 2 aliphatic rings. The third-order valence-electron chi connectivity index (χ3n) is 4.28. The maximum atomic E-state index is 12.5. The third-order valence-corrected chi connectivity index (χ3v) is 4.28. The van der Waals surface area contributed by atoms with E-state index in [9.17, 15) is 4.79 Å². The molecule has 4 nitrogen and oxygen atoms in total. The summed E-state index contributed by atoms with van der Waals surface area (Å²) >= 11 is 0. The number of morpholine rings is 1. The topological polar surface area (TPSA) is 55.6 Å². The molecule has 2 atom stereocenters. The number of benzene rings is 1. The first-order valence-electron chi connectivity index (χ1n) is 7.74. The van der Waals surface area contributed by atoms with Crippen LogP contribution in [0, 0.1) is 5.92 Å². The monoisotopic (exact) mass is 288 g/mol. The Hall–Kier alpha value is -1.39. The Morgan fingerprint density at radius 3 is 2.48 bits per heavy atom. The minimum atomic E-state index is -0.827. The van der Waals surface area contributed by atoms with Crippen LogP contribution in [0.5, 0.6) is 0 Å². The van der Waals surface area contributed by atoms with Crippen LogP contribution >= 0.6 is 0 Å². The Kier molecular flexibility index (Phi) is 3.76. The van der Waals surface area contributed by atoms with Crippen LogP contribution in [0.4, 0.5) is 0 Å². The zero-order valence-corrected chi connectivity index (χ0v) is 12.8. The molecule has 1 heterocycles. The van der Waals surface area contributed by atoms with Crippen LogP contribution in [-0.2, 0) is 9.53 Å². The second-order valence-electron chi connectivity index (χ2n) is 6.84. The highest BCUT2D eigenvalue weighted by Crippen LogP contribution is 2.39. The lowest BCUT2D eigenvalue weighted by Gasteiger charge is -2.40. The van der Waals surface area contributed by atoms with Crippen LogP contribution < -0.4 is 5.73 Å². The predicted molar refractivity (Wildman–Crippen MR) is 81.6 cm³/mol. The highest BCUT2D eigenvalue weighted by Gasteiger charge is 2.41. The molecule has 0 unspecified atom stereocenters. The Labute approximate surface area is 126 Å². The van der Waals surface area contributed by atoms with E-state index in [2.05, 4.69) is 12.1 Å². The van der Waals surface area contributed by atoms with Gasteiger partial charge < -0.3 is 15.4 Å². The molecular formula is C17H24N2O2. The standard InChI is InChI=1S/C17H24N2O2/c1-17(2,18)16(20)19-10-14(12-6-4-3-5-7-12)21-15(11-19)13-8-9-13/h3-7,13-15H,8-11,18H2,1-2H3/t14-,15+/m0/s1. The molecule has 1 saturated heterocycles. The van der Waals surface area contributed by atoms with Crippen LogP contribution in [0.1, 0.15) is 38.4 Å². The second kappa shape index (κ2) is 5.43. The summed E-state index contributed by atoms with van der Waals surface area (Å²) in [4.78, 5) is 14.4. The normalized spacial score (nSPS) is 26.7. The van der Waals surface area contributed by atoms with E-state index in [0.717, 1.165) is 5.56 Å². The smallest absolute Gasteiger partial charge is 0.242 e. The van der Waals surface area contributed by atoms with Crippen molar-refractivity contribution >= 4 is 5.91 Å². The minimum Gasteiger partial charge on any atom is -0.366 e. The predicted octanol–water partition coefficient (Wildman–Crippen LogP) is 2.10. The zero-order chi connectivity index (χ0) is 15.0. The van der Waals surface area contributed by atoms with E-state index in [-0.39, 0.29) is 18.1 Å². The number of nitrogens with zero attached hydrogens (tertiary/aromatic N) is 1. The van der Waals surface area contributed by atoms with E-state index in [1.165, 1.54) is 12.8 Å². The van der Waals surface area contributed by atoms with Gasteiger partial charge >= 0.3 is 0 Å². The molecule has 0 spiro atoms. The molecule has 1 aromatic carbocycles. The van der Waals surface area contributed by atoms with Crippen molar-refractivity contribution in [3.8, 4) is 0 Å². The number of nitrogens with two attached hydrogens (primary N) is 1. The fraction of sp³-hybridized carbons (Fsp3) is 0.588. The molecule has 0 radical (unpaired) electrons. The number of hydrogen-bond donors (Lipinski definition) is 1. The highest BCUT2D eigenvalue weighted by molar-refractivity contribution is 5.85. The first-order chi connectivity index (χ1) is 9.95. The second-order valence-corrected chi connectivity index (χ2v) is 6.84. The van der Waals surface area contributed by atoms with Crippen molar-refractivity contribution in [3.05, 3.63) is 35.9 Å². The molecule has 1 saturated carbocycles. The Morgan fingerprint density at radius 2 is 1.90 bits per heavy atom. The zero-order valence-electron chi connectivity index (χ0n) is 12.8. The SMILES string of the molecule is CC(C)(N)C(=O)N1C[C@@H](c2ccccc2)O[C@@H](C2CC2)C1. The lowest BCUT2D eigenvalue weighted by molar-refractivity contribution is -0.152. The Morgan fingerprint density at radius 1 is 1.24 bits per heavy atom. The van der Waals surface area contributed by atoms with E-state index in [1.54, 1.807) is 13.8 Å². The van der Waals surface area contributed by atoms with Gasteiger partial charge in [-0.1, -0.05) is 30.3 Å². The summed E-state index contributed by atoms with van der Waals surface area (Å²) in [6.45, 7) is 4.81. The number of rotatable bonds is 3. The van der Waals surface area contributed by atoms with Crippen molar-refractivity contribution in [2.75, 3.05) is 13.1 Å². The number of amides is 1. The molecular weight excluding hydrogens is 264 g/mol. The highest BCUT2D eigenvalue weighted by atomic mass is 16.5.